The average Bonchev–Trinajstić information content (AvgIpc) is 0.918. The van der Waals surface area contributed by atoms with Crippen molar-refractivity contribution in [1.29, 1.82) is 0 Å². The number of hydrogen-bond donors (Lipinski definition) is 1. The van der Waals surface area contributed by atoms with Crippen LogP contribution in [-0.2, 0) is 21.1 Å². The zero-order valence-corrected chi connectivity index (χ0v) is 4.58. The van der Waals surface area contributed by atoms with Crippen LogP contribution in [-0.4, -0.2) is 6.54 Å². The van der Waals surface area contributed by atoms with E-state index in [1.807, 2.05) is 0 Å². The van der Waals surface area contributed by atoms with Gasteiger partial charge in [0.1, 0.15) is 0 Å². The Morgan fingerprint density at radius 1 is 1.75 bits per heavy atom. The van der Waals surface area contributed by atoms with Crippen molar-refractivity contribution in [2.75, 3.05) is 6.54 Å². The summed E-state index contributed by atoms with van der Waals surface area (Å²) in [7, 11) is 0. The van der Waals surface area contributed by atoms with E-state index in [0.29, 0.717) is 6.54 Å². The number of rotatable bonds is 0. The Labute approximate surface area is 40.8 Å². The molecule has 0 aromatic rings. The fourth-order valence-corrected chi connectivity index (χ4v) is 0. The van der Waals surface area contributed by atoms with Gasteiger partial charge in [-0.2, -0.15) is 0 Å². The number of hydrogen-bond acceptors (Lipinski definition) is 1. The van der Waals surface area contributed by atoms with Crippen molar-refractivity contribution in [3.63, 3.8) is 0 Å². The third-order valence-corrected chi connectivity index (χ3v) is 0. The minimum Gasteiger partial charge on any atom is -0.360 e. The average molecular weight is 239 g/mol. The first-order valence-corrected chi connectivity index (χ1v) is 0.908. The van der Waals surface area contributed by atoms with Crippen molar-refractivity contribution in [2.45, 2.75) is 0 Å². The van der Waals surface area contributed by atoms with Crippen molar-refractivity contribution in [2.24, 2.45) is 5.73 Å². The van der Waals surface area contributed by atoms with Gasteiger partial charge in [-0.3, -0.25) is 0 Å². The van der Waals surface area contributed by atoms with Crippen LogP contribution in [0.2, 0.25) is 0 Å². The molecule has 0 heterocycles. The third-order valence-electron chi connectivity index (χ3n) is 0. The van der Waals surface area contributed by atoms with Crippen molar-refractivity contribution in [3.05, 3.63) is 6.92 Å². The quantitative estimate of drug-likeness (QED) is 0.581. The Bertz CT molecular complexity index is 6.00. The maximum atomic E-state index is 4.74. The maximum Gasteiger partial charge on any atom is 0 e. The molecule has 0 rings (SSSR count). The summed E-state index contributed by atoms with van der Waals surface area (Å²) in [4.78, 5) is 0. The van der Waals surface area contributed by atoms with Crippen LogP contribution in [0.1, 0.15) is 0 Å². The van der Waals surface area contributed by atoms with Crippen LogP contribution in [0.3, 0.4) is 0 Å². The van der Waals surface area contributed by atoms with Gasteiger partial charge in [-0.05, 0) is 0 Å². The fraction of sp³-hybridized carbons (Fsp3) is 0.500. The summed E-state index contributed by atoms with van der Waals surface area (Å²) in [6.07, 6.45) is 0. The normalized spacial score (nSPS) is 4.50. The minimum atomic E-state index is 0. The molecule has 0 aromatic heterocycles. The van der Waals surface area contributed by atoms with Gasteiger partial charge in [0.15, 0.2) is 0 Å². The van der Waals surface area contributed by atoms with Gasteiger partial charge < -0.3 is 12.7 Å². The molecule has 2 N–H and O–H groups in total. The second-order valence-corrected chi connectivity index (χ2v) is 0.289. The van der Waals surface area contributed by atoms with Gasteiger partial charge >= 0.3 is 0 Å². The van der Waals surface area contributed by atoms with Crippen molar-refractivity contribution in [3.8, 4) is 0 Å². The van der Waals surface area contributed by atoms with E-state index in [0.717, 1.165) is 0 Å². The molecule has 1 nitrogen and oxygen atoms in total. The van der Waals surface area contributed by atoms with Gasteiger partial charge in [0.25, 0.3) is 0 Å². The van der Waals surface area contributed by atoms with E-state index in [4.69, 9.17) is 5.73 Å². The first-order valence-electron chi connectivity index (χ1n) is 0.908. The summed E-state index contributed by atoms with van der Waals surface area (Å²) in [6, 6.07) is 0. The molecule has 0 aromatic carbocycles. The van der Waals surface area contributed by atoms with Gasteiger partial charge in [-0.1, -0.05) is 0 Å². The second-order valence-electron chi connectivity index (χ2n) is 0.289. The van der Waals surface area contributed by atoms with Gasteiger partial charge in [-0.25, -0.2) is 0 Å². The van der Waals surface area contributed by atoms with Crippen molar-refractivity contribution >= 4 is 0 Å². The van der Waals surface area contributed by atoms with Crippen molar-refractivity contribution < 1.29 is 21.1 Å². The molecule has 0 aliphatic heterocycles. The summed E-state index contributed by atoms with van der Waals surface area (Å²) in [5.74, 6) is 0. The molecule has 0 aliphatic carbocycles. The topological polar surface area (TPSA) is 26.0 Å². The molecular formula is C2H6NPt-. The Balaban J connectivity index is 0. The predicted molar refractivity (Wildman–Crippen MR) is 14.4 cm³/mol. The standard InChI is InChI=1S/C2H6N.Pt/c1-2-3;/h1-3H2;/q-1;. The molecule has 0 saturated heterocycles. The van der Waals surface area contributed by atoms with Crippen LogP contribution < -0.4 is 5.73 Å². The van der Waals surface area contributed by atoms with E-state index in [2.05, 4.69) is 6.92 Å². The van der Waals surface area contributed by atoms with Crippen LogP contribution in [0.25, 0.3) is 0 Å². The zero-order chi connectivity index (χ0) is 2.71. The predicted octanol–water partition coefficient (Wildman–Crippen LogP) is -0.223. The van der Waals surface area contributed by atoms with Gasteiger partial charge in [0.05, 0.1) is 0 Å². The summed E-state index contributed by atoms with van der Waals surface area (Å²) < 4.78 is 0. The molecule has 0 fully saturated rings. The van der Waals surface area contributed by atoms with E-state index in [-0.39, 0.29) is 21.1 Å². The van der Waals surface area contributed by atoms with Gasteiger partial charge in [0, 0.05) is 21.1 Å². The second kappa shape index (κ2) is 9.42. The number of nitrogens with two attached hydrogens (primary N) is 1. The van der Waals surface area contributed by atoms with Crippen LogP contribution in [0.4, 0.5) is 0 Å². The van der Waals surface area contributed by atoms with Gasteiger partial charge in [-0.15, -0.1) is 6.54 Å². The molecule has 0 bridgehead atoms. The van der Waals surface area contributed by atoms with Crippen LogP contribution >= 0.6 is 0 Å². The zero-order valence-electron chi connectivity index (χ0n) is 2.31. The molecule has 0 radical (unpaired) electrons. The third kappa shape index (κ3) is 17.1. The Morgan fingerprint density at radius 3 is 1.75 bits per heavy atom. The molecule has 30 valence electrons. The molecule has 2 heteroatoms. The molecule has 0 unspecified atom stereocenters. The van der Waals surface area contributed by atoms with E-state index < -0.39 is 0 Å². The molecular weight excluding hydrogens is 233 g/mol. The van der Waals surface area contributed by atoms with Crippen LogP contribution in [0.5, 0.6) is 0 Å². The van der Waals surface area contributed by atoms with E-state index in [1.165, 1.54) is 0 Å². The molecule has 0 atom stereocenters. The summed E-state index contributed by atoms with van der Waals surface area (Å²) in [6.45, 7) is 3.76. The summed E-state index contributed by atoms with van der Waals surface area (Å²) >= 11 is 0. The minimum absolute atomic E-state index is 0. The Kier molecular flexibility index (Phi) is 20.8. The fourth-order valence-electron chi connectivity index (χ4n) is 0. The smallest absolute Gasteiger partial charge is 0 e. The van der Waals surface area contributed by atoms with Gasteiger partial charge in [0.2, 0.25) is 0 Å². The van der Waals surface area contributed by atoms with E-state index in [1.54, 1.807) is 0 Å². The first kappa shape index (κ1) is 8.82. The SMILES string of the molecule is [CH2-]CN.[Pt]. The summed E-state index contributed by atoms with van der Waals surface area (Å²) in [5.41, 5.74) is 4.74. The van der Waals surface area contributed by atoms with Crippen LogP contribution in [0.15, 0.2) is 0 Å². The molecule has 0 spiro atoms. The first-order chi connectivity index (χ1) is 1.41. The van der Waals surface area contributed by atoms with Crippen LogP contribution in [0, 0.1) is 6.92 Å². The largest absolute Gasteiger partial charge is 0.360 e. The Hall–Kier alpha value is 0.648. The van der Waals surface area contributed by atoms with Crippen molar-refractivity contribution in [1.82, 2.24) is 0 Å². The molecule has 0 aliphatic rings. The summed E-state index contributed by atoms with van der Waals surface area (Å²) in [5, 5.41) is 0. The monoisotopic (exact) mass is 239 g/mol. The maximum absolute atomic E-state index is 4.74. The molecule has 4 heavy (non-hydrogen) atoms. The molecule has 0 saturated carbocycles. The Morgan fingerprint density at radius 2 is 1.75 bits per heavy atom. The van der Waals surface area contributed by atoms with E-state index >= 15 is 0 Å². The van der Waals surface area contributed by atoms with E-state index in [9.17, 15) is 0 Å². The molecule has 0 amide bonds.